The molecule has 2 bridgehead atoms. The van der Waals surface area contributed by atoms with E-state index in [0.29, 0.717) is 11.4 Å². The number of amides is 3. The number of hydrogen-bond donors (Lipinski definition) is 0. The van der Waals surface area contributed by atoms with Crippen molar-refractivity contribution in [3.63, 3.8) is 0 Å². The second kappa shape index (κ2) is 12.6. The number of rotatable bonds is 7. The molecule has 3 aromatic rings. The quantitative estimate of drug-likeness (QED) is 0.0804. The molecular formula is C31H20Br2Cl4N2O6. The van der Waals surface area contributed by atoms with E-state index in [1.165, 1.54) is 60.7 Å². The number of esters is 1. The van der Waals surface area contributed by atoms with Crippen LogP contribution >= 0.6 is 78.3 Å². The average Bonchev–Trinajstić information content (AvgIpc) is 3.60. The molecule has 14 heteroatoms. The number of carbonyl (C=O) groups excluding carboxylic acids is 5. The summed E-state index contributed by atoms with van der Waals surface area (Å²) < 4.78 is 5.38. The molecule has 1 saturated heterocycles. The van der Waals surface area contributed by atoms with Gasteiger partial charge in [0.25, 0.3) is 17.7 Å². The summed E-state index contributed by atoms with van der Waals surface area (Å²) in [5, 5.41) is 2.44. The fourth-order valence-corrected chi connectivity index (χ4v) is 9.21. The van der Waals surface area contributed by atoms with Crippen LogP contribution in [-0.4, -0.2) is 55.7 Å². The first-order valence-corrected chi connectivity index (χ1v) is 16.9. The van der Waals surface area contributed by atoms with Crippen molar-refractivity contribution in [1.82, 2.24) is 10.0 Å². The normalized spacial score (nSPS) is 25.0. The molecule has 3 aliphatic rings. The molecule has 6 atom stereocenters. The van der Waals surface area contributed by atoms with Crippen molar-refractivity contribution in [3.8, 4) is 5.75 Å². The predicted molar refractivity (Wildman–Crippen MR) is 176 cm³/mol. The number of alkyl halides is 2. The molecule has 1 aliphatic heterocycles. The molecule has 0 unspecified atom stereocenters. The molecule has 3 fully saturated rings. The summed E-state index contributed by atoms with van der Waals surface area (Å²) in [5.41, 5.74) is 0.209. The summed E-state index contributed by atoms with van der Waals surface area (Å²) in [5.74, 6) is -4.48. The fourth-order valence-electron chi connectivity index (χ4n) is 6.36. The molecule has 2 aliphatic carbocycles. The zero-order valence-corrected chi connectivity index (χ0v) is 29.0. The summed E-state index contributed by atoms with van der Waals surface area (Å²) in [6.45, 7) is -0.640. The maximum Gasteiger partial charge on any atom is 0.345 e. The maximum atomic E-state index is 13.9. The van der Waals surface area contributed by atoms with E-state index >= 15 is 0 Å². The fraction of sp³-hybridized carbons (Fsp3) is 0.258. The van der Waals surface area contributed by atoms with Crippen LogP contribution < -0.4 is 4.74 Å². The van der Waals surface area contributed by atoms with E-state index in [-0.39, 0.29) is 59.0 Å². The first-order chi connectivity index (χ1) is 21.4. The van der Waals surface area contributed by atoms with Crippen LogP contribution in [0, 0.1) is 23.7 Å². The van der Waals surface area contributed by atoms with Crippen molar-refractivity contribution in [3.05, 3.63) is 97.4 Å². The van der Waals surface area contributed by atoms with Crippen molar-refractivity contribution < 1.29 is 28.7 Å². The Hall–Kier alpha value is -2.47. The third-order valence-corrected chi connectivity index (χ3v) is 12.7. The van der Waals surface area contributed by atoms with Gasteiger partial charge in [0.1, 0.15) is 12.3 Å². The minimum absolute atomic E-state index is 0.00249. The van der Waals surface area contributed by atoms with Crippen molar-refractivity contribution in [2.24, 2.45) is 23.7 Å². The largest absolute Gasteiger partial charge is 0.423 e. The predicted octanol–water partition coefficient (Wildman–Crippen LogP) is 7.54. The van der Waals surface area contributed by atoms with Crippen LogP contribution in [-0.2, 0) is 9.59 Å². The molecule has 1 heterocycles. The van der Waals surface area contributed by atoms with Gasteiger partial charge in [0.05, 0.1) is 33.0 Å². The standard InChI is InChI=1S/C31H20Br2Cl4N2O6/c32-26-19-11-20(27(26)33)25-24(19)29(42)39(30(25)43)38(28(41)17-7-3-14(34)9-21(17)36)12-23(40)13-1-5-16(6-2-13)45-31(44)18-8-4-15(35)10-22(18)37/h1-10,19-20,24-27H,11-12H2/t19-,20-,24-,25+,26+,27+/m1/s1. The Kier molecular flexibility index (Phi) is 9.10. The number of Topliss-reactive ketones (excluding diaryl/α,β-unsaturated/α-hetero) is 1. The summed E-state index contributed by atoms with van der Waals surface area (Å²) >= 11 is 31.7. The van der Waals surface area contributed by atoms with Gasteiger partial charge in [-0.15, -0.1) is 0 Å². The molecule has 2 saturated carbocycles. The molecule has 3 aromatic carbocycles. The lowest BCUT2D eigenvalue weighted by atomic mass is 9.81. The Morgan fingerprint density at radius 3 is 1.80 bits per heavy atom. The van der Waals surface area contributed by atoms with Crippen LogP contribution in [0.4, 0.5) is 0 Å². The second-order valence-electron chi connectivity index (χ2n) is 10.9. The molecule has 0 N–H and O–H groups in total. The van der Waals surface area contributed by atoms with Gasteiger partial charge in [-0.1, -0.05) is 78.3 Å². The van der Waals surface area contributed by atoms with Crippen LogP contribution in [0.3, 0.4) is 0 Å². The number of ketones is 1. The first-order valence-electron chi connectivity index (χ1n) is 13.6. The molecule has 0 aromatic heterocycles. The summed E-state index contributed by atoms with van der Waals surface area (Å²) in [6, 6.07) is 14.1. The van der Waals surface area contributed by atoms with E-state index in [1.54, 1.807) is 0 Å². The van der Waals surface area contributed by atoms with Crippen LogP contribution in [0.15, 0.2) is 60.7 Å². The Balaban J connectivity index is 1.26. The molecule has 232 valence electrons. The SMILES string of the molecule is O=C(CN(C(=O)c1ccc(Cl)cc1Cl)N1C(=O)[C@@H]2[C@H]3C[C@@H]([C@H](Br)[C@H]3Br)[C@@H]2C1=O)c1ccc(OC(=O)c2ccc(Cl)cc2Cl)cc1. The number of hydrogen-bond acceptors (Lipinski definition) is 6. The Morgan fingerprint density at radius 1 is 0.778 bits per heavy atom. The van der Waals surface area contributed by atoms with Crippen molar-refractivity contribution in [2.75, 3.05) is 6.54 Å². The number of carbonyl (C=O) groups is 5. The van der Waals surface area contributed by atoms with Crippen molar-refractivity contribution >= 4 is 108 Å². The molecule has 0 spiro atoms. The number of benzene rings is 3. The third kappa shape index (κ3) is 5.83. The van der Waals surface area contributed by atoms with Gasteiger partial charge in [-0.25, -0.2) is 9.80 Å². The molecular weight excluding hydrogens is 798 g/mol. The van der Waals surface area contributed by atoms with Crippen LogP contribution in [0.5, 0.6) is 5.75 Å². The number of hydrazine groups is 1. The Labute approximate surface area is 294 Å². The number of fused-ring (bicyclic) bond motifs is 5. The first kappa shape index (κ1) is 32.5. The average molecular weight is 818 g/mol. The Bertz CT molecular complexity index is 1740. The van der Waals surface area contributed by atoms with Gasteiger partial charge >= 0.3 is 5.97 Å². The third-order valence-electron chi connectivity index (χ3n) is 8.43. The zero-order valence-electron chi connectivity index (χ0n) is 22.8. The molecule has 0 radical (unpaired) electrons. The topological polar surface area (TPSA) is 101 Å². The van der Waals surface area contributed by atoms with Crippen LogP contribution in [0.1, 0.15) is 37.5 Å². The van der Waals surface area contributed by atoms with E-state index in [2.05, 4.69) is 31.9 Å². The van der Waals surface area contributed by atoms with E-state index in [0.717, 1.165) is 10.0 Å². The van der Waals surface area contributed by atoms with Gasteiger partial charge in [0.15, 0.2) is 5.78 Å². The van der Waals surface area contributed by atoms with Gasteiger partial charge in [0.2, 0.25) is 0 Å². The molecule has 6 rings (SSSR count). The molecule has 3 amide bonds. The van der Waals surface area contributed by atoms with E-state index < -0.39 is 47.9 Å². The Morgan fingerprint density at radius 2 is 1.29 bits per heavy atom. The highest BCUT2D eigenvalue weighted by Gasteiger charge is 2.67. The van der Waals surface area contributed by atoms with Crippen molar-refractivity contribution in [1.29, 1.82) is 0 Å². The van der Waals surface area contributed by atoms with Gasteiger partial charge < -0.3 is 4.74 Å². The van der Waals surface area contributed by atoms with E-state index in [9.17, 15) is 24.0 Å². The minimum Gasteiger partial charge on any atom is -0.423 e. The maximum absolute atomic E-state index is 13.9. The van der Waals surface area contributed by atoms with Gasteiger partial charge in [0, 0.05) is 25.3 Å². The lowest BCUT2D eigenvalue weighted by Gasteiger charge is -2.31. The number of halogens is 6. The highest BCUT2D eigenvalue weighted by molar-refractivity contribution is 9.12. The number of imide groups is 1. The second-order valence-corrected chi connectivity index (χ2v) is 14.7. The lowest BCUT2D eigenvalue weighted by Crippen LogP contribution is -2.52. The molecule has 8 nitrogen and oxygen atoms in total. The van der Waals surface area contributed by atoms with Gasteiger partial charge in [-0.2, -0.15) is 5.01 Å². The van der Waals surface area contributed by atoms with E-state index in [1.807, 2.05) is 0 Å². The monoisotopic (exact) mass is 814 g/mol. The number of nitrogens with zero attached hydrogens (tertiary/aromatic N) is 2. The molecule has 45 heavy (non-hydrogen) atoms. The summed E-state index contributed by atoms with van der Waals surface area (Å²) in [4.78, 5) is 67.7. The lowest BCUT2D eigenvalue weighted by molar-refractivity contribution is -0.154. The minimum atomic E-state index is -0.810. The van der Waals surface area contributed by atoms with Crippen molar-refractivity contribution in [2.45, 2.75) is 16.1 Å². The van der Waals surface area contributed by atoms with Crippen LogP contribution in [0.25, 0.3) is 0 Å². The number of ether oxygens (including phenoxy) is 1. The smallest absolute Gasteiger partial charge is 0.345 e. The highest BCUT2D eigenvalue weighted by atomic mass is 79.9. The van der Waals surface area contributed by atoms with E-state index in [4.69, 9.17) is 51.1 Å². The summed E-state index contributed by atoms with van der Waals surface area (Å²) in [7, 11) is 0. The zero-order chi connectivity index (χ0) is 32.3. The highest BCUT2D eigenvalue weighted by Crippen LogP contribution is 2.60. The van der Waals surface area contributed by atoms with Crippen LogP contribution in [0.2, 0.25) is 20.1 Å². The van der Waals surface area contributed by atoms with Gasteiger partial charge in [-0.3, -0.25) is 19.2 Å². The van der Waals surface area contributed by atoms with Gasteiger partial charge in [-0.05, 0) is 78.9 Å². The summed E-state index contributed by atoms with van der Waals surface area (Å²) in [6.07, 6.45) is 0.698.